The molecule has 0 saturated carbocycles. The van der Waals surface area contributed by atoms with Crippen LogP contribution in [-0.4, -0.2) is 52.7 Å². The summed E-state index contributed by atoms with van der Waals surface area (Å²) in [7, 11) is 0. The van der Waals surface area contributed by atoms with Crippen molar-refractivity contribution in [2.75, 3.05) is 6.54 Å². The Morgan fingerprint density at radius 3 is 2.50 bits per heavy atom. The van der Waals surface area contributed by atoms with Gasteiger partial charge in [0.2, 0.25) is 5.91 Å². The van der Waals surface area contributed by atoms with Crippen molar-refractivity contribution in [3.8, 4) is 0 Å². The van der Waals surface area contributed by atoms with Crippen LogP contribution in [-0.2, 0) is 25.5 Å². The summed E-state index contributed by atoms with van der Waals surface area (Å²) in [5.74, 6) is -1.19. The van der Waals surface area contributed by atoms with Crippen LogP contribution in [0.4, 0.5) is 0 Å². The normalized spacial score (nSPS) is 16.7. The van der Waals surface area contributed by atoms with Crippen LogP contribution in [0, 0.1) is 0 Å². The second-order valence-electron chi connectivity index (χ2n) is 9.47. The number of amides is 2. The highest BCUT2D eigenvalue weighted by atomic mass is 32.1. The minimum absolute atomic E-state index is 0.0136. The first-order valence-electron chi connectivity index (χ1n) is 11.6. The molecule has 8 heteroatoms. The number of nitrogens with zero attached hydrogens (tertiary/aromatic N) is 1. The average Bonchev–Trinajstić information content (AvgIpc) is 3.48. The molecular weight excluding hydrogens is 452 g/mol. The topological polar surface area (TPSA) is 92.8 Å². The van der Waals surface area contributed by atoms with Gasteiger partial charge >= 0.3 is 5.97 Å². The van der Waals surface area contributed by atoms with Gasteiger partial charge in [0.1, 0.15) is 11.6 Å². The molecule has 0 bridgehead atoms. The highest BCUT2D eigenvalue weighted by molar-refractivity contribution is 7.07. The summed E-state index contributed by atoms with van der Waals surface area (Å²) < 4.78 is 5.46. The van der Waals surface area contributed by atoms with Crippen LogP contribution >= 0.6 is 11.3 Å². The molecule has 1 aliphatic rings. The van der Waals surface area contributed by atoms with Crippen molar-refractivity contribution < 1.29 is 23.9 Å². The standard InChI is InChI=1S/C26H32N2O5S/c1-26(2,3)33-25(32)21-10-7-14-28(21)23(30)12-11-22(29)20(16-18-13-15-34-17-18)27-24(31)19-8-5-4-6-9-19/h4-6,8-9,13,15,17,20-21H,7,10-12,14,16H2,1-3H3,(H,27,31)/t20-,21+/m1/s1. The van der Waals surface area contributed by atoms with E-state index in [0.717, 1.165) is 12.0 Å². The maximum Gasteiger partial charge on any atom is 0.329 e. The Morgan fingerprint density at radius 1 is 1.12 bits per heavy atom. The van der Waals surface area contributed by atoms with Crippen LogP contribution in [0.15, 0.2) is 47.2 Å². The Hall–Kier alpha value is -3.00. The lowest BCUT2D eigenvalue weighted by molar-refractivity contribution is -0.163. The number of hydrogen-bond donors (Lipinski definition) is 1. The molecule has 1 aliphatic heterocycles. The number of Topliss-reactive ketones (excluding diaryl/α,β-unsaturated/α-hetero) is 1. The van der Waals surface area contributed by atoms with E-state index in [1.165, 1.54) is 16.2 Å². The van der Waals surface area contributed by atoms with Gasteiger partial charge in [-0.1, -0.05) is 18.2 Å². The molecule has 2 aromatic rings. The second-order valence-corrected chi connectivity index (χ2v) is 10.3. The zero-order valence-corrected chi connectivity index (χ0v) is 20.7. The molecule has 182 valence electrons. The first-order chi connectivity index (χ1) is 16.1. The number of hydrogen-bond acceptors (Lipinski definition) is 6. The van der Waals surface area contributed by atoms with Crippen molar-refractivity contribution in [2.24, 2.45) is 0 Å². The maximum atomic E-state index is 13.1. The third kappa shape index (κ3) is 7.25. The van der Waals surface area contributed by atoms with Crippen LogP contribution in [0.1, 0.15) is 62.4 Å². The Morgan fingerprint density at radius 2 is 1.85 bits per heavy atom. The lowest BCUT2D eigenvalue weighted by atomic mass is 10.00. The average molecular weight is 485 g/mol. The number of ether oxygens (including phenoxy) is 1. The Labute approximate surface area is 204 Å². The smallest absolute Gasteiger partial charge is 0.329 e. The van der Waals surface area contributed by atoms with Crippen LogP contribution in [0.25, 0.3) is 0 Å². The largest absolute Gasteiger partial charge is 0.458 e. The number of esters is 1. The summed E-state index contributed by atoms with van der Waals surface area (Å²) in [5.41, 5.74) is 0.794. The van der Waals surface area contributed by atoms with Crippen LogP contribution in [0.2, 0.25) is 0 Å². The van der Waals surface area contributed by atoms with E-state index in [1.54, 1.807) is 45.0 Å². The minimum atomic E-state index is -0.740. The van der Waals surface area contributed by atoms with Crippen LogP contribution < -0.4 is 5.32 Å². The molecule has 7 nitrogen and oxygen atoms in total. The summed E-state index contributed by atoms with van der Waals surface area (Å²) in [5, 5.41) is 6.70. The first kappa shape index (κ1) is 25.6. The van der Waals surface area contributed by atoms with Gasteiger partial charge in [0.15, 0.2) is 5.78 Å². The van der Waals surface area contributed by atoms with Gasteiger partial charge in [-0.3, -0.25) is 14.4 Å². The molecule has 2 amide bonds. The van der Waals surface area contributed by atoms with E-state index in [9.17, 15) is 19.2 Å². The summed E-state index contributed by atoms with van der Waals surface area (Å²) in [6, 6.07) is 9.29. The molecule has 2 heterocycles. The van der Waals surface area contributed by atoms with Gasteiger partial charge in [0.05, 0.1) is 6.04 Å². The van der Waals surface area contributed by atoms with Gasteiger partial charge in [-0.2, -0.15) is 11.3 Å². The molecule has 0 aliphatic carbocycles. The number of carbonyl (C=O) groups excluding carboxylic acids is 4. The zero-order chi connectivity index (χ0) is 24.7. The van der Waals surface area contributed by atoms with Crippen LogP contribution in [0.5, 0.6) is 0 Å². The molecule has 0 unspecified atom stereocenters. The Bertz CT molecular complexity index is 998. The van der Waals surface area contributed by atoms with Crippen molar-refractivity contribution >= 4 is 34.9 Å². The SMILES string of the molecule is CC(C)(C)OC(=O)[C@@H]1CCCN1C(=O)CCC(=O)[C@@H](Cc1ccsc1)NC(=O)c1ccccc1. The maximum absolute atomic E-state index is 13.1. The molecule has 1 aromatic heterocycles. The Balaban J connectivity index is 1.62. The molecule has 3 rings (SSSR count). The zero-order valence-electron chi connectivity index (χ0n) is 19.9. The summed E-state index contributed by atoms with van der Waals surface area (Å²) in [6.07, 6.45) is 1.61. The number of nitrogens with one attached hydrogen (secondary N) is 1. The van der Waals surface area contributed by atoms with E-state index in [0.29, 0.717) is 24.9 Å². The van der Waals surface area contributed by atoms with Crippen molar-refractivity contribution in [2.45, 2.75) is 70.6 Å². The summed E-state index contributed by atoms with van der Waals surface area (Å²) in [6.45, 7) is 5.85. The number of rotatable bonds is 9. The van der Waals surface area contributed by atoms with Crippen molar-refractivity contribution in [1.29, 1.82) is 0 Å². The van der Waals surface area contributed by atoms with Gasteiger partial charge in [-0.05, 0) is 68.1 Å². The number of ketones is 1. The first-order valence-corrected chi connectivity index (χ1v) is 12.5. The fraction of sp³-hybridized carbons (Fsp3) is 0.462. The third-order valence-electron chi connectivity index (χ3n) is 5.59. The number of likely N-dealkylation sites (tertiary alicyclic amines) is 1. The fourth-order valence-electron chi connectivity index (χ4n) is 3.95. The number of benzene rings is 1. The van der Waals surface area contributed by atoms with Crippen molar-refractivity contribution in [3.63, 3.8) is 0 Å². The van der Waals surface area contributed by atoms with Gasteiger partial charge in [0, 0.05) is 31.4 Å². The van der Waals surface area contributed by atoms with E-state index in [2.05, 4.69) is 5.32 Å². The third-order valence-corrected chi connectivity index (χ3v) is 6.32. The summed E-state index contributed by atoms with van der Waals surface area (Å²) >= 11 is 1.52. The number of thiophene rings is 1. The lowest BCUT2D eigenvalue weighted by Crippen LogP contribution is -2.45. The highest BCUT2D eigenvalue weighted by Gasteiger charge is 2.37. The molecule has 1 saturated heterocycles. The second kappa shape index (κ2) is 11.4. The van der Waals surface area contributed by atoms with Gasteiger partial charge in [-0.15, -0.1) is 0 Å². The fourth-order valence-corrected chi connectivity index (χ4v) is 4.63. The lowest BCUT2D eigenvalue weighted by Gasteiger charge is -2.27. The van der Waals surface area contributed by atoms with E-state index in [-0.39, 0.29) is 30.4 Å². The molecule has 1 fully saturated rings. The molecule has 34 heavy (non-hydrogen) atoms. The molecule has 1 aromatic carbocycles. The van der Waals surface area contributed by atoms with E-state index < -0.39 is 23.7 Å². The van der Waals surface area contributed by atoms with Crippen molar-refractivity contribution in [3.05, 3.63) is 58.3 Å². The van der Waals surface area contributed by atoms with Gasteiger partial charge in [-0.25, -0.2) is 4.79 Å². The van der Waals surface area contributed by atoms with Crippen LogP contribution in [0.3, 0.4) is 0 Å². The predicted molar refractivity (Wildman–Crippen MR) is 131 cm³/mol. The van der Waals surface area contributed by atoms with Gasteiger partial charge < -0.3 is 15.0 Å². The molecule has 2 atom stereocenters. The van der Waals surface area contributed by atoms with Crippen molar-refractivity contribution in [1.82, 2.24) is 10.2 Å². The monoisotopic (exact) mass is 484 g/mol. The molecular formula is C26H32N2O5S. The van der Waals surface area contributed by atoms with Gasteiger partial charge in [0.25, 0.3) is 5.91 Å². The molecule has 0 radical (unpaired) electrons. The van der Waals surface area contributed by atoms with E-state index >= 15 is 0 Å². The van der Waals surface area contributed by atoms with E-state index in [4.69, 9.17) is 4.74 Å². The highest BCUT2D eigenvalue weighted by Crippen LogP contribution is 2.22. The van der Waals surface area contributed by atoms with E-state index in [1.807, 2.05) is 22.9 Å². The minimum Gasteiger partial charge on any atom is -0.458 e. The Kier molecular flexibility index (Phi) is 8.61. The predicted octanol–water partition coefficient (Wildman–Crippen LogP) is 3.77. The molecule has 1 N–H and O–H groups in total. The quantitative estimate of drug-likeness (QED) is 0.547. The molecule has 0 spiro atoms. The summed E-state index contributed by atoms with van der Waals surface area (Å²) in [4.78, 5) is 52.7. The number of carbonyl (C=O) groups is 4.